The summed E-state index contributed by atoms with van der Waals surface area (Å²) in [5.74, 6) is 3.75. The maximum atomic E-state index is 6.00. The normalized spacial score (nSPS) is 41.7. The number of nitrogens with zero attached hydrogens (tertiary/aromatic N) is 2. The number of nitrogens with two attached hydrogens (primary N) is 2. The van der Waals surface area contributed by atoms with Gasteiger partial charge in [-0.2, -0.15) is 5.10 Å². The number of hydrogen-bond donors (Lipinski definition) is 2. The lowest BCUT2D eigenvalue weighted by molar-refractivity contribution is -0.0336. The molecule has 1 atom stereocenters. The van der Waals surface area contributed by atoms with Gasteiger partial charge in [0.1, 0.15) is 0 Å². The van der Waals surface area contributed by atoms with Crippen LogP contribution < -0.4 is 11.5 Å². The van der Waals surface area contributed by atoms with Crippen molar-refractivity contribution in [2.45, 2.75) is 44.2 Å². The Bertz CT molecular complexity index is 438. The molecule has 104 valence electrons. The summed E-state index contributed by atoms with van der Waals surface area (Å²) in [4.78, 5) is 0. The maximum Gasteiger partial charge on any atom is 0.0576 e. The van der Waals surface area contributed by atoms with Gasteiger partial charge in [0, 0.05) is 24.3 Å². The molecular weight excluding hydrogens is 236 g/mol. The first-order valence-corrected chi connectivity index (χ1v) is 7.74. The third kappa shape index (κ3) is 1.84. The van der Waals surface area contributed by atoms with E-state index in [1.807, 2.05) is 6.20 Å². The summed E-state index contributed by atoms with van der Waals surface area (Å²) in [6, 6.07) is 0.567. The summed E-state index contributed by atoms with van der Waals surface area (Å²) < 4.78 is 2.22. The predicted octanol–water partition coefficient (Wildman–Crippen LogP) is 1.84. The highest BCUT2D eigenvalue weighted by Crippen LogP contribution is 2.58. The maximum absolute atomic E-state index is 6.00. The standard InChI is InChI=1S/C15H24N4/c16-6-14(17)13-7-18-19(8-13)15-11-2-9-1-10(4-11)5-12(15)3-9/h7-12,14-15H,1-6,16-17H2. The Kier molecular flexibility index (Phi) is 2.71. The van der Waals surface area contributed by atoms with Crippen LogP contribution in [0.1, 0.15) is 49.8 Å². The fraction of sp³-hybridized carbons (Fsp3) is 0.800. The molecular formula is C15H24N4. The van der Waals surface area contributed by atoms with Crippen LogP contribution in [0.15, 0.2) is 12.4 Å². The number of rotatable bonds is 3. The molecule has 0 saturated heterocycles. The number of aromatic nitrogens is 2. The van der Waals surface area contributed by atoms with Gasteiger partial charge in [-0.05, 0) is 55.8 Å². The second kappa shape index (κ2) is 4.32. The lowest BCUT2D eigenvalue weighted by Gasteiger charge is -2.54. The van der Waals surface area contributed by atoms with Crippen LogP contribution in [-0.4, -0.2) is 16.3 Å². The number of hydrogen-bond acceptors (Lipinski definition) is 3. The van der Waals surface area contributed by atoms with Gasteiger partial charge in [0.25, 0.3) is 0 Å². The van der Waals surface area contributed by atoms with Gasteiger partial charge in [-0.15, -0.1) is 0 Å². The van der Waals surface area contributed by atoms with Crippen LogP contribution in [0, 0.1) is 23.7 Å². The summed E-state index contributed by atoms with van der Waals surface area (Å²) in [5.41, 5.74) is 12.7. The zero-order valence-electron chi connectivity index (χ0n) is 11.4. The molecule has 0 aliphatic heterocycles. The van der Waals surface area contributed by atoms with Gasteiger partial charge in [0.15, 0.2) is 0 Å². The van der Waals surface area contributed by atoms with Crippen molar-refractivity contribution in [2.75, 3.05) is 6.54 Å². The van der Waals surface area contributed by atoms with Crippen LogP contribution in [0.5, 0.6) is 0 Å². The molecule has 1 aromatic heterocycles. The van der Waals surface area contributed by atoms with Crippen LogP contribution in [0.2, 0.25) is 0 Å². The molecule has 4 heteroatoms. The van der Waals surface area contributed by atoms with E-state index in [0.29, 0.717) is 12.6 Å². The zero-order chi connectivity index (χ0) is 13.0. The van der Waals surface area contributed by atoms with E-state index in [-0.39, 0.29) is 6.04 Å². The minimum atomic E-state index is -0.0643. The monoisotopic (exact) mass is 260 g/mol. The van der Waals surface area contributed by atoms with Gasteiger partial charge < -0.3 is 11.5 Å². The van der Waals surface area contributed by atoms with Crippen molar-refractivity contribution in [2.24, 2.45) is 35.1 Å². The van der Waals surface area contributed by atoms with E-state index in [4.69, 9.17) is 11.5 Å². The summed E-state index contributed by atoms with van der Waals surface area (Å²) in [6.45, 7) is 0.493. The molecule has 4 fully saturated rings. The van der Waals surface area contributed by atoms with Crippen molar-refractivity contribution >= 4 is 0 Å². The van der Waals surface area contributed by atoms with Crippen LogP contribution in [0.25, 0.3) is 0 Å². The van der Waals surface area contributed by atoms with Crippen LogP contribution in [0.4, 0.5) is 0 Å². The van der Waals surface area contributed by atoms with Crippen molar-refractivity contribution < 1.29 is 0 Å². The topological polar surface area (TPSA) is 69.9 Å². The SMILES string of the molecule is NCC(N)c1cnn(C2C3CC4CC(C3)CC2C4)c1. The molecule has 0 spiro atoms. The lowest BCUT2D eigenvalue weighted by Crippen LogP contribution is -2.46. The Labute approximate surface area is 114 Å². The second-order valence-corrected chi connectivity index (χ2v) is 7.02. The van der Waals surface area contributed by atoms with Crippen molar-refractivity contribution in [1.29, 1.82) is 0 Å². The van der Waals surface area contributed by atoms with E-state index in [1.54, 1.807) is 0 Å². The van der Waals surface area contributed by atoms with E-state index >= 15 is 0 Å². The van der Waals surface area contributed by atoms with E-state index in [2.05, 4.69) is 16.0 Å². The average molecular weight is 260 g/mol. The second-order valence-electron chi connectivity index (χ2n) is 7.02. The highest BCUT2D eigenvalue weighted by Gasteiger charge is 2.49. The van der Waals surface area contributed by atoms with Gasteiger partial charge in [-0.25, -0.2) is 0 Å². The molecule has 5 rings (SSSR count). The molecule has 4 saturated carbocycles. The highest BCUT2D eigenvalue weighted by molar-refractivity contribution is 5.12. The van der Waals surface area contributed by atoms with Crippen LogP contribution >= 0.6 is 0 Å². The third-order valence-corrected chi connectivity index (χ3v) is 5.79. The Balaban J connectivity index is 1.60. The van der Waals surface area contributed by atoms with Crippen LogP contribution in [-0.2, 0) is 0 Å². The first kappa shape index (κ1) is 11.9. The van der Waals surface area contributed by atoms with Gasteiger partial charge in [0.2, 0.25) is 0 Å². The molecule has 0 radical (unpaired) electrons. The molecule has 4 bridgehead atoms. The van der Waals surface area contributed by atoms with Crippen molar-refractivity contribution in [3.8, 4) is 0 Å². The first-order valence-electron chi connectivity index (χ1n) is 7.74. The highest BCUT2D eigenvalue weighted by atomic mass is 15.3. The molecule has 4 aliphatic rings. The Hall–Kier alpha value is -0.870. The van der Waals surface area contributed by atoms with E-state index in [1.165, 1.54) is 32.1 Å². The Morgan fingerprint density at radius 1 is 1.16 bits per heavy atom. The fourth-order valence-corrected chi connectivity index (χ4v) is 5.17. The molecule has 0 aromatic carbocycles. The molecule has 19 heavy (non-hydrogen) atoms. The fourth-order valence-electron chi connectivity index (χ4n) is 5.17. The van der Waals surface area contributed by atoms with Crippen molar-refractivity contribution in [3.05, 3.63) is 18.0 Å². The third-order valence-electron chi connectivity index (χ3n) is 5.79. The lowest BCUT2D eigenvalue weighted by atomic mass is 9.54. The quantitative estimate of drug-likeness (QED) is 0.871. The predicted molar refractivity (Wildman–Crippen MR) is 74.3 cm³/mol. The molecule has 0 amide bonds. The van der Waals surface area contributed by atoms with E-state index in [0.717, 1.165) is 29.2 Å². The van der Waals surface area contributed by atoms with Crippen LogP contribution in [0.3, 0.4) is 0 Å². The van der Waals surface area contributed by atoms with Gasteiger partial charge >= 0.3 is 0 Å². The Morgan fingerprint density at radius 3 is 2.37 bits per heavy atom. The Morgan fingerprint density at radius 2 is 1.79 bits per heavy atom. The summed E-state index contributed by atoms with van der Waals surface area (Å²) in [6.07, 6.45) is 11.3. The summed E-state index contributed by atoms with van der Waals surface area (Å²) in [7, 11) is 0. The molecule has 4 nitrogen and oxygen atoms in total. The van der Waals surface area contributed by atoms with Gasteiger partial charge in [-0.1, -0.05) is 0 Å². The molecule has 1 unspecified atom stereocenters. The molecule has 4 aliphatic carbocycles. The minimum Gasteiger partial charge on any atom is -0.329 e. The molecule has 1 heterocycles. The summed E-state index contributed by atoms with van der Waals surface area (Å²) in [5, 5.41) is 4.61. The minimum absolute atomic E-state index is 0.0643. The molecule has 4 N–H and O–H groups in total. The smallest absolute Gasteiger partial charge is 0.0576 e. The molecule has 1 aromatic rings. The largest absolute Gasteiger partial charge is 0.329 e. The van der Waals surface area contributed by atoms with Gasteiger partial charge in [-0.3, -0.25) is 4.68 Å². The van der Waals surface area contributed by atoms with Crippen molar-refractivity contribution in [3.63, 3.8) is 0 Å². The summed E-state index contributed by atoms with van der Waals surface area (Å²) >= 11 is 0. The van der Waals surface area contributed by atoms with E-state index < -0.39 is 0 Å². The van der Waals surface area contributed by atoms with Gasteiger partial charge in [0.05, 0.1) is 12.2 Å². The van der Waals surface area contributed by atoms with Crippen molar-refractivity contribution in [1.82, 2.24) is 9.78 Å². The zero-order valence-corrected chi connectivity index (χ0v) is 11.4. The average Bonchev–Trinajstić information content (AvgIpc) is 2.86. The first-order chi connectivity index (χ1) is 9.24. The van der Waals surface area contributed by atoms with E-state index in [9.17, 15) is 0 Å².